The van der Waals surface area contributed by atoms with Crippen LogP contribution in [-0.2, 0) is 16.1 Å². The van der Waals surface area contributed by atoms with E-state index in [2.05, 4.69) is 0 Å². The van der Waals surface area contributed by atoms with Gasteiger partial charge in [-0.25, -0.2) is 17.6 Å². The lowest BCUT2D eigenvalue weighted by Crippen LogP contribution is -2.14. The molecule has 1 fully saturated rings. The van der Waals surface area contributed by atoms with Crippen LogP contribution < -0.4 is 0 Å². The molecule has 1 aliphatic rings. The first kappa shape index (κ1) is 21.5. The SMILES string of the molecule is Cc1c(F)c(F)c(COC(=O)[C@@H]2C(/C=C(\Cl)C(F)(F)F)C2(C)C)c(F)c1F. The second kappa shape index (κ2) is 7.00. The topological polar surface area (TPSA) is 26.3 Å². The molecule has 10 heteroatoms. The number of ether oxygens (including phenoxy) is 1. The zero-order chi connectivity index (χ0) is 20.9. The maximum Gasteiger partial charge on any atom is 0.426 e. The number of carbonyl (C=O) groups excluding carboxylic acids is 1. The van der Waals surface area contributed by atoms with Gasteiger partial charge in [0.05, 0.1) is 11.5 Å². The van der Waals surface area contributed by atoms with E-state index in [0.717, 1.165) is 6.92 Å². The van der Waals surface area contributed by atoms with Crippen molar-refractivity contribution in [3.63, 3.8) is 0 Å². The van der Waals surface area contributed by atoms with Crippen molar-refractivity contribution in [3.8, 4) is 0 Å². The molecule has 1 saturated carbocycles. The summed E-state index contributed by atoms with van der Waals surface area (Å²) in [6.07, 6.45) is -4.11. The fourth-order valence-corrected chi connectivity index (χ4v) is 2.97. The van der Waals surface area contributed by atoms with Crippen LogP contribution in [0.4, 0.5) is 30.7 Å². The van der Waals surface area contributed by atoms with E-state index in [4.69, 9.17) is 16.3 Å². The number of benzene rings is 1. The molecule has 0 spiro atoms. The first-order valence-electron chi connectivity index (χ1n) is 7.63. The summed E-state index contributed by atoms with van der Waals surface area (Å²) in [5.41, 5.74) is -2.93. The van der Waals surface area contributed by atoms with Crippen molar-refractivity contribution in [3.05, 3.63) is 45.5 Å². The Balaban J connectivity index is 2.16. The van der Waals surface area contributed by atoms with E-state index in [1.54, 1.807) is 0 Å². The average Bonchev–Trinajstić information content (AvgIpc) is 3.10. The number of esters is 1. The summed E-state index contributed by atoms with van der Waals surface area (Å²) < 4.78 is 96.8. The van der Waals surface area contributed by atoms with Gasteiger partial charge in [-0.2, -0.15) is 13.2 Å². The van der Waals surface area contributed by atoms with Crippen molar-refractivity contribution in [1.82, 2.24) is 0 Å². The first-order valence-corrected chi connectivity index (χ1v) is 8.01. The number of rotatable bonds is 4. The highest BCUT2D eigenvalue weighted by Gasteiger charge is 2.62. The molecule has 0 bridgehead atoms. The van der Waals surface area contributed by atoms with E-state index in [-0.39, 0.29) is 0 Å². The monoisotopic (exact) mass is 418 g/mol. The third-order valence-electron chi connectivity index (χ3n) is 4.69. The molecule has 1 aromatic rings. The van der Waals surface area contributed by atoms with Crippen LogP contribution in [-0.4, -0.2) is 12.1 Å². The van der Waals surface area contributed by atoms with Crippen LogP contribution in [0.15, 0.2) is 11.1 Å². The van der Waals surface area contributed by atoms with Crippen molar-refractivity contribution in [2.45, 2.75) is 33.6 Å². The molecule has 1 aromatic carbocycles. The molecule has 2 rings (SSSR count). The summed E-state index contributed by atoms with van der Waals surface area (Å²) in [4.78, 5) is 12.1. The largest absolute Gasteiger partial charge is 0.460 e. The first-order chi connectivity index (χ1) is 12.2. The minimum atomic E-state index is -4.78. The molecule has 0 radical (unpaired) electrons. The Hall–Kier alpha value is -1.77. The summed E-state index contributed by atoms with van der Waals surface area (Å²) in [6.45, 7) is 2.68. The third kappa shape index (κ3) is 3.93. The lowest BCUT2D eigenvalue weighted by atomic mass is 10.1. The second-order valence-corrected chi connectivity index (χ2v) is 7.21. The van der Waals surface area contributed by atoms with Crippen LogP contribution >= 0.6 is 11.6 Å². The highest BCUT2D eigenvalue weighted by atomic mass is 35.5. The van der Waals surface area contributed by atoms with E-state index in [0.29, 0.717) is 6.08 Å². The number of halogens is 8. The number of hydrogen-bond acceptors (Lipinski definition) is 2. The van der Waals surface area contributed by atoms with Crippen LogP contribution in [0.2, 0.25) is 0 Å². The Morgan fingerprint density at radius 2 is 1.59 bits per heavy atom. The maximum absolute atomic E-state index is 13.8. The molecule has 150 valence electrons. The summed E-state index contributed by atoms with van der Waals surface area (Å²) >= 11 is 5.15. The molecular weight excluding hydrogens is 405 g/mol. The maximum atomic E-state index is 13.8. The Morgan fingerprint density at radius 3 is 2.04 bits per heavy atom. The van der Waals surface area contributed by atoms with Crippen LogP contribution in [0.5, 0.6) is 0 Å². The molecule has 0 aromatic heterocycles. The molecule has 0 amide bonds. The van der Waals surface area contributed by atoms with Gasteiger partial charge in [-0.3, -0.25) is 4.79 Å². The number of alkyl halides is 3. The minimum Gasteiger partial charge on any atom is -0.460 e. The molecule has 0 saturated heterocycles. The van der Waals surface area contributed by atoms with Gasteiger partial charge in [0.1, 0.15) is 11.6 Å². The Bertz CT molecular complexity index is 785. The number of hydrogen-bond donors (Lipinski definition) is 0. The zero-order valence-electron chi connectivity index (χ0n) is 14.3. The highest BCUT2D eigenvalue weighted by Crippen LogP contribution is 2.60. The van der Waals surface area contributed by atoms with Gasteiger partial charge >= 0.3 is 12.1 Å². The summed E-state index contributed by atoms with van der Waals surface area (Å²) in [6, 6.07) is 0. The minimum absolute atomic E-state index is 0.667. The van der Waals surface area contributed by atoms with Crippen molar-refractivity contribution in [2.75, 3.05) is 0 Å². The van der Waals surface area contributed by atoms with E-state index in [9.17, 15) is 35.5 Å². The molecule has 1 aliphatic carbocycles. The normalized spacial score (nSPS) is 22.0. The van der Waals surface area contributed by atoms with Gasteiger partial charge in [-0.05, 0) is 18.3 Å². The highest BCUT2D eigenvalue weighted by molar-refractivity contribution is 6.30. The van der Waals surface area contributed by atoms with Gasteiger partial charge in [0, 0.05) is 5.56 Å². The van der Waals surface area contributed by atoms with Crippen molar-refractivity contribution in [2.24, 2.45) is 17.3 Å². The molecular formula is C17H14ClF7O2. The average molecular weight is 419 g/mol. The van der Waals surface area contributed by atoms with E-state index < -0.39 is 75.4 Å². The smallest absolute Gasteiger partial charge is 0.426 e. The number of carbonyl (C=O) groups is 1. The second-order valence-electron chi connectivity index (χ2n) is 6.80. The quantitative estimate of drug-likeness (QED) is 0.364. The van der Waals surface area contributed by atoms with Crippen molar-refractivity contribution in [1.29, 1.82) is 0 Å². The molecule has 27 heavy (non-hydrogen) atoms. The standard InChI is InChI=1S/C17H14ClF7O2/c1-6-11(19)13(21)7(14(22)12(6)20)5-27-15(26)10-8(16(10,2)3)4-9(18)17(23,24)25/h4,8,10H,5H2,1-3H3/b9-4-/t8?,10-/m0/s1. The fourth-order valence-electron chi connectivity index (χ4n) is 2.84. The lowest BCUT2D eigenvalue weighted by molar-refractivity contribution is -0.147. The van der Waals surface area contributed by atoms with E-state index in [1.165, 1.54) is 13.8 Å². The van der Waals surface area contributed by atoms with Crippen LogP contribution in [0.3, 0.4) is 0 Å². The lowest BCUT2D eigenvalue weighted by Gasteiger charge is -2.10. The third-order valence-corrected chi connectivity index (χ3v) is 5.03. The van der Waals surface area contributed by atoms with Crippen LogP contribution in [0.25, 0.3) is 0 Å². The predicted octanol–water partition coefficient (Wildman–Crippen LogP) is 5.55. The molecule has 1 unspecified atom stereocenters. The van der Waals surface area contributed by atoms with Gasteiger partial charge < -0.3 is 4.74 Å². The predicted molar refractivity (Wildman–Crippen MR) is 81.6 cm³/mol. The molecule has 0 N–H and O–H groups in total. The Morgan fingerprint density at radius 1 is 1.11 bits per heavy atom. The van der Waals surface area contributed by atoms with Gasteiger partial charge in [-0.15, -0.1) is 0 Å². The van der Waals surface area contributed by atoms with Crippen molar-refractivity contribution >= 4 is 17.6 Å². The Labute approximate surface area is 154 Å². The molecule has 0 aliphatic heterocycles. The van der Waals surface area contributed by atoms with Crippen LogP contribution in [0, 0.1) is 47.4 Å². The fraction of sp³-hybridized carbons (Fsp3) is 0.471. The van der Waals surface area contributed by atoms with Gasteiger partial charge in [0.2, 0.25) is 0 Å². The van der Waals surface area contributed by atoms with Gasteiger partial charge in [-0.1, -0.05) is 31.5 Å². The number of allylic oxidation sites excluding steroid dienone is 2. The molecule has 2 nitrogen and oxygen atoms in total. The summed E-state index contributed by atoms with van der Waals surface area (Å²) in [7, 11) is 0. The van der Waals surface area contributed by atoms with Crippen molar-refractivity contribution < 1.29 is 40.3 Å². The van der Waals surface area contributed by atoms with Gasteiger partial charge in [0.15, 0.2) is 23.3 Å². The van der Waals surface area contributed by atoms with Crippen LogP contribution in [0.1, 0.15) is 25.0 Å². The summed E-state index contributed by atoms with van der Waals surface area (Å²) in [5.74, 6) is -9.68. The molecule has 2 atom stereocenters. The molecule has 0 heterocycles. The Kier molecular flexibility index (Phi) is 5.58. The van der Waals surface area contributed by atoms with E-state index >= 15 is 0 Å². The zero-order valence-corrected chi connectivity index (χ0v) is 15.0. The summed E-state index contributed by atoms with van der Waals surface area (Å²) in [5, 5.41) is -1.41. The van der Waals surface area contributed by atoms with Gasteiger partial charge in [0.25, 0.3) is 0 Å². The van der Waals surface area contributed by atoms with E-state index in [1.807, 2.05) is 0 Å².